The molecule has 0 aliphatic rings. The highest BCUT2D eigenvalue weighted by Gasteiger charge is 2.04. The molecular formula is C17H12N2OS. The summed E-state index contributed by atoms with van der Waals surface area (Å²) in [7, 11) is 0. The van der Waals surface area contributed by atoms with E-state index in [2.05, 4.69) is 9.97 Å². The Kier molecular flexibility index (Phi) is 3.98. The number of carbonyl (C=O) groups excluding carboxylic acids is 1. The van der Waals surface area contributed by atoms with Crippen LogP contribution < -0.4 is 0 Å². The van der Waals surface area contributed by atoms with Crippen molar-refractivity contribution < 1.29 is 4.79 Å². The van der Waals surface area contributed by atoms with Gasteiger partial charge in [-0.25, -0.2) is 4.98 Å². The van der Waals surface area contributed by atoms with Gasteiger partial charge in [0.2, 0.25) is 0 Å². The number of ketones is 1. The van der Waals surface area contributed by atoms with Crippen molar-refractivity contribution in [1.29, 1.82) is 0 Å². The molecule has 0 N–H and O–H groups in total. The van der Waals surface area contributed by atoms with Gasteiger partial charge in [-0.1, -0.05) is 30.3 Å². The minimum Gasteiger partial charge on any atom is -0.289 e. The van der Waals surface area contributed by atoms with Crippen molar-refractivity contribution in [1.82, 2.24) is 9.97 Å². The van der Waals surface area contributed by atoms with Crippen LogP contribution in [-0.2, 0) is 0 Å². The number of thiazole rings is 1. The Morgan fingerprint density at radius 2 is 1.95 bits per heavy atom. The molecule has 0 unspecified atom stereocenters. The first-order valence-electron chi connectivity index (χ1n) is 6.46. The summed E-state index contributed by atoms with van der Waals surface area (Å²) in [4.78, 5) is 20.4. The van der Waals surface area contributed by atoms with Gasteiger partial charge in [0.25, 0.3) is 0 Å². The number of nitrogens with zero attached hydrogens (tertiary/aromatic N) is 2. The van der Waals surface area contributed by atoms with Crippen LogP contribution in [0.2, 0.25) is 0 Å². The highest BCUT2D eigenvalue weighted by molar-refractivity contribution is 7.10. The third-order valence-corrected chi connectivity index (χ3v) is 3.72. The van der Waals surface area contributed by atoms with Crippen molar-refractivity contribution in [2.75, 3.05) is 0 Å². The smallest absolute Gasteiger partial charge is 0.187 e. The van der Waals surface area contributed by atoms with Crippen LogP contribution in [0, 0.1) is 0 Å². The minimum absolute atomic E-state index is 0.0699. The van der Waals surface area contributed by atoms with Crippen molar-refractivity contribution >= 4 is 23.2 Å². The maximum atomic E-state index is 11.9. The van der Waals surface area contributed by atoms with Crippen LogP contribution in [0.3, 0.4) is 0 Å². The highest BCUT2D eigenvalue weighted by atomic mass is 32.1. The Hall–Kier alpha value is -2.59. The summed E-state index contributed by atoms with van der Waals surface area (Å²) in [6.45, 7) is 0. The van der Waals surface area contributed by atoms with Crippen molar-refractivity contribution in [3.05, 3.63) is 76.9 Å². The average molecular weight is 292 g/mol. The number of hydrogen-bond acceptors (Lipinski definition) is 4. The molecule has 3 aromatic rings. The van der Waals surface area contributed by atoms with Crippen LogP contribution in [0.4, 0.5) is 0 Å². The van der Waals surface area contributed by atoms with E-state index in [1.807, 2.05) is 35.7 Å². The number of carbonyl (C=O) groups is 1. The number of allylic oxidation sites excluding steroid dienone is 1. The van der Waals surface area contributed by atoms with Gasteiger partial charge in [-0.2, -0.15) is 0 Å². The zero-order valence-corrected chi connectivity index (χ0v) is 12.0. The molecule has 2 aromatic heterocycles. The highest BCUT2D eigenvalue weighted by Crippen LogP contribution is 2.22. The molecule has 3 rings (SSSR count). The first-order valence-corrected chi connectivity index (χ1v) is 7.34. The lowest BCUT2D eigenvalue weighted by Crippen LogP contribution is -1.93. The number of pyridine rings is 1. The van der Waals surface area contributed by atoms with Crippen LogP contribution in [0.5, 0.6) is 0 Å². The van der Waals surface area contributed by atoms with Gasteiger partial charge in [-0.3, -0.25) is 9.78 Å². The SMILES string of the molecule is O=C(/C=C/c1nc(-c2ccccc2)cs1)c1cccnc1. The van der Waals surface area contributed by atoms with E-state index in [0.717, 1.165) is 16.3 Å². The molecule has 0 saturated carbocycles. The summed E-state index contributed by atoms with van der Waals surface area (Å²) in [6.07, 6.45) is 6.48. The van der Waals surface area contributed by atoms with Crippen molar-refractivity contribution in [3.8, 4) is 11.3 Å². The summed E-state index contributed by atoms with van der Waals surface area (Å²) in [5, 5.41) is 2.80. The first-order chi connectivity index (χ1) is 10.3. The second kappa shape index (κ2) is 6.24. The normalized spacial score (nSPS) is 10.9. The predicted octanol–water partition coefficient (Wildman–Crippen LogP) is 4.10. The second-order valence-corrected chi connectivity index (χ2v) is 5.27. The lowest BCUT2D eigenvalue weighted by atomic mass is 10.2. The zero-order chi connectivity index (χ0) is 14.5. The van der Waals surface area contributed by atoms with E-state index in [4.69, 9.17) is 0 Å². The van der Waals surface area contributed by atoms with Crippen LogP contribution in [0.25, 0.3) is 17.3 Å². The molecule has 0 fully saturated rings. The maximum absolute atomic E-state index is 11.9. The average Bonchev–Trinajstić information content (AvgIpc) is 3.03. The van der Waals surface area contributed by atoms with E-state index in [9.17, 15) is 4.79 Å². The number of rotatable bonds is 4. The Bertz CT molecular complexity index is 764. The van der Waals surface area contributed by atoms with Gasteiger partial charge in [0.15, 0.2) is 5.78 Å². The summed E-state index contributed by atoms with van der Waals surface area (Å²) >= 11 is 1.52. The molecule has 102 valence electrons. The molecule has 0 saturated heterocycles. The van der Waals surface area contributed by atoms with Gasteiger partial charge in [0.1, 0.15) is 5.01 Å². The fraction of sp³-hybridized carbons (Fsp3) is 0. The van der Waals surface area contributed by atoms with Gasteiger partial charge < -0.3 is 0 Å². The number of benzene rings is 1. The van der Waals surface area contributed by atoms with Gasteiger partial charge in [-0.15, -0.1) is 11.3 Å². The molecule has 1 aromatic carbocycles. The monoisotopic (exact) mass is 292 g/mol. The van der Waals surface area contributed by atoms with Crippen molar-refractivity contribution in [3.63, 3.8) is 0 Å². The molecule has 0 radical (unpaired) electrons. The molecule has 2 heterocycles. The van der Waals surface area contributed by atoms with Crippen LogP contribution in [0.15, 0.2) is 66.3 Å². The van der Waals surface area contributed by atoms with E-state index in [-0.39, 0.29) is 5.78 Å². The fourth-order valence-electron chi connectivity index (χ4n) is 1.86. The fourth-order valence-corrected chi connectivity index (χ4v) is 2.58. The van der Waals surface area contributed by atoms with E-state index in [0.29, 0.717) is 5.56 Å². The quantitative estimate of drug-likeness (QED) is 0.537. The van der Waals surface area contributed by atoms with Crippen LogP contribution >= 0.6 is 11.3 Å². The first kappa shape index (κ1) is 13.4. The Labute approximate surface area is 126 Å². The van der Waals surface area contributed by atoms with Crippen LogP contribution in [-0.4, -0.2) is 15.8 Å². The van der Waals surface area contributed by atoms with E-state index >= 15 is 0 Å². The summed E-state index contributed by atoms with van der Waals surface area (Å²) in [5.41, 5.74) is 2.58. The molecule has 0 bridgehead atoms. The van der Waals surface area contributed by atoms with Crippen molar-refractivity contribution in [2.24, 2.45) is 0 Å². The lowest BCUT2D eigenvalue weighted by Gasteiger charge is -1.94. The third kappa shape index (κ3) is 3.30. The summed E-state index contributed by atoms with van der Waals surface area (Å²) in [5.74, 6) is -0.0699. The van der Waals surface area contributed by atoms with E-state index < -0.39 is 0 Å². The molecule has 0 aliphatic heterocycles. The van der Waals surface area contributed by atoms with Gasteiger partial charge in [0, 0.05) is 28.9 Å². The van der Waals surface area contributed by atoms with Gasteiger partial charge in [-0.05, 0) is 24.3 Å². The minimum atomic E-state index is -0.0699. The maximum Gasteiger partial charge on any atom is 0.187 e. The van der Waals surface area contributed by atoms with Gasteiger partial charge >= 0.3 is 0 Å². The van der Waals surface area contributed by atoms with Crippen LogP contribution in [0.1, 0.15) is 15.4 Å². The predicted molar refractivity (Wildman–Crippen MR) is 85.2 cm³/mol. The Balaban J connectivity index is 1.76. The molecule has 21 heavy (non-hydrogen) atoms. The topological polar surface area (TPSA) is 42.9 Å². The molecule has 0 spiro atoms. The Morgan fingerprint density at radius 3 is 2.71 bits per heavy atom. The molecule has 0 atom stereocenters. The van der Waals surface area contributed by atoms with E-state index in [1.165, 1.54) is 17.4 Å². The zero-order valence-electron chi connectivity index (χ0n) is 11.1. The number of aromatic nitrogens is 2. The Morgan fingerprint density at radius 1 is 1.10 bits per heavy atom. The second-order valence-electron chi connectivity index (χ2n) is 4.38. The van der Waals surface area contributed by atoms with E-state index in [1.54, 1.807) is 30.6 Å². The lowest BCUT2D eigenvalue weighted by molar-refractivity contribution is 0.104. The number of hydrogen-bond donors (Lipinski definition) is 0. The summed E-state index contributed by atoms with van der Waals surface area (Å²) in [6, 6.07) is 13.5. The largest absolute Gasteiger partial charge is 0.289 e. The summed E-state index contributed by atoms with van der Waals surface area (Å²) < 4.78 is 0. The molecule has 0 aliphatic carbocycles. The molecular weight excluding hydrogens is 280 g/mol. The molecule has 0 amide bonds. The van der Waals surface area contributed by atoms with Crippen molar-refractivity contribution in [2.45, 2.75) is 0 Å². The third-order valence-electron chi connectivity index (χ3n) is 2.91. The molecule has 3 nitrogen and oxygen atoms in total. The van der Waals surface area contributed by atoms with Gasteiger partial charge in [0.05, 0.1) is 5.69 Å². The standard InChI is InChI=1S/C17H12N2OS/c20-16(14-7-4-10-18-11-14)8-9-17-19-15(12-21-17)13-5-2-1-3-6-13/h1-12H/b9-8+. The molecule has 4 heteroatoms.